The highest BCUT2D eigenvalue weighted by atomic mass is 16.2. The molecule has 0 bridgehead atoms. The smallest absolute Gasteiger partial charge is 0.219 e. The minimum atomic E-state index is 0.228. The van der Waals surface area contributed by atoms with Crippen molar-refractivity contribution in [2.75, 3.05) is 46.3 Å². The Morgan fingerprint density at radius 3 is 2.33 bits per heavy atom. The number of hydrogen-bond acceptors (Lipinski definition) is 3. The summed E-state index contributed by atoms with van der Waals surface area (Å²) in [5.74, 6) is 0.228. The molecule has 0 aromatic heterocycles. The average Bonchev–Trinajstić information content (AvgIpc) is 2.68. The maximum absolute atomic E-state index is 11.2. The van der Waals surface area contributed by atoms with Crippen molar-refractivity contribution < 1.29 is 4.79 Å². The Kier molecular flexibility index (Phi) is 3.26. The maximum atomic E-state index is 11.2. The maximum Gasteiger partial charge on any atom is 0.219 e. The topological polar surface area (TPSA) is 26.8 Å². The molecule has 4 heteroatoms. The van der Waals surface area contributed by atoms with Crippen molar-refractivity contribution in [3.8, 4) is 0 Å². The molecule has 2 saturated heterocycles. The van der Waals surface area contributed by atoms with E-state index in [1.807, 2.05) is 4.90 Å². The molecule has 15 heavy (non-hydrogen) atoms. The molecule has 0 aromatic carbocycles. The van der Waals surface area contributed by atoms with E-state index in [1.165, 1.54) is 0 Å². The third-order valence-electron chi connectivity index (χ3n) is 3.66. The lowest BCUT2D eigenvalue weighted by atomic mass is 10.2. The number of amides is 1. The third kappa shape index (κ3) is 2.49. The number of rotatable bonds is 1. The van der Waals surface area contributed by atoms with E-state index in [9.17, 15) is 4.79 Å². The van der Waals surface area contributed by atoms with Crippen LogP contribution < -0.4 is 0 Å². The first-order valence-electron chi connectivity index (χ1n) is 5.85. The lowest BCUT2D eigenvalue weighted by molar-refractivity contribution is -0.128. The van der Waals surface area contributed by atoms with Crippen molar-refractivity contribution in [1.29, 1.82) is 0 Å². The zero-order valence-corrected chi connectivity index (χ0v) is 9.78. The second-order valence-corrected chi connectivity index (χ2v) is 4.75. The number of carbonyl (C=O) groups is 1. The van der Waals surface area contributed by atoms with Gasteiger partial charge in [-0.1, -0.05) is 0 Å². The Balaban J connectivity index is 1.83. The van der Waals surface area contributed by atoms with Gasteiger partial charge in [-0.2, -0.15) is 0 Å². The van der Waals surface area contributed by atoms with E-state index in [0.29, 0.717) is 6.04 Å². The highest BCUT2D eigenvalue weighted by molar-refractivity contribution is 5.73. The van der Waals surface area contributed by atoms with Crippen molar-refractivity contribution in [2.24, 2.45) is 0 Å². The van der Waals surface area contributed by atoms with Crippen molar-refractivity contribution in [3.63, 3.8) is 0 Å². The van der Waals surface area contributed by atoms with Gasteiger partial charge in [0, 0.05) is 52.2 Å². The molecule has 1 unspecified atom stereocenters. The minimum absolute atomic E-state index is 0.228. The summed E-state index contributed by atoms with van der Waals surface area (Å²) in [6.45, 7) is 8.21. The first kappa shape index (κ1) is 10.9. The van der Waals surface area contributed by atoms with Gasteiger partial charge in [-0.15, -0.1) is 0 Å². The number of nitrogens with zero attached hydrogens (tertiary/aromatic N) is 3. The highest BCUT2D eigenvalue weighted by Gasteiger charge is 2.30. The largest absolute Gasteiger partial charge is 0.341 e. The number of likely N-dealkylation sites (N-methyl/N-ethyl adjacent to an activating group) is 1. The molecule has 0 N–H and O–H groups in total. The van der Waals surface area contributed by atoms with Crippen molar-refractivity contribution in [3.05, 3.63) is 0 Å². The van der Waals surface area contributed by atoms with Crippen LogP contribution in [0.2, 0.25) is 0 Å². The molecule has 2 aliphatic heterocycles. The predicted molar refractivity (Wildman–Crippen MR) is 59.7 cm³/mol. The van der Waals surface area contributed by atoms with E-state index in [0.717, 1.165) is 45.7 Å². The zero-order valence-electron chi connectivity index (χ0n) is 9.78. The van der Waals surface area contributed by atoms with Crippen LogP contribution in [0.1, 0.15) is 13.3 Å². The van der Waals surface area contributed by atoms with Crippen molar-refractivity contribution >= 4 is 5.91 Å². The van der Waals surface area contributed by atoms with Gasteiger partial charge in [0.15, 0.2) is 0 Å². The van der Waals surface area contributed by atoms with Crippen LogP contribution in [-0.4, -0.2) is 73.0 Å². The summed E-state index contributed by atoms with van der Waals surface area (Å²) in [6.07, 6.45) is 1.16. The molecular formula is C11H21N3O. The van der Waals surface area contributed by atoms with E-state index in [-0.39, 0.29) is 5.91 Å². The summed E-state index contributed by atoms with van der Waals surface area (Å²) in [5.41, 5.74) is 0. The fourth-order valence-electron chi connectivity index (χ4n) is 2.51. The summed E-state index contributed by atoms with van der Waals surface area (Å²) in [7, 11) is 2.17. The van der Waals surface area contributed by atoms with Crippen molar-refractivity contribution in [2.45, 2.75) is 19.4 Å². The van der Waals surface area contributed by atoms with Gasteiger partial charge in [0.05, 0.1) is 0 Å². The molecule has 2 aliphatic rings. The van der Waals surface area contributed by atoms with Crippen LogP contribution in [0.3, 0.4) is 0 Å². The molecule has 0 spiro atoms. The normalized spacial score (nSPS) is 29.7. The molecule has 0 radical (unpaired) electrons. The molecule has 1 amide bonds. The van der Waals surface area contributed by atoms with Gasteiger partial charge in [0.1, 0.15) is 0 Å². The summed E-state index contributed by atoms with van der Waals surface area (Å²) in [5, 5.41) is 0. The molecule has 2 rings (SSSR count). The number of likely N-dealkylation sites (tertiary alicyclic amines) is 1. The molecule has 4 nitrogen and oxygen atoms in total. The highest BCUT2D eigenvalue weighted by Crippen LogP contribution is 2.17. The molecule has 0 aliphatic carbocycles. The summed E-state index contributed by atoms with van der Waals surface area (Å²) >= 11 is 0. The molecule has 2 heterocycles. The van der Waals surface area contributed by atoms with Crippen LogP contribution in [0.25, 0.3) is 0 Å². The molecule has 1 atom stereocenters. The van der Waals surface area contributed by atoms with Crippen LogP contribution in [0, 0.1) is 0 Å². The van der Waals surface area contributed by atoms with Crippen LogP contribution in [0.15, 0.2) is 0 Å². The van der Waals surface area contributed by atoms with Crippen LogP contribution >= 0.6 is 0 Å². The predicted octanol–water partition coefficient (Wildman–Crippen LogP) is -0.145. The number of hydrogen-bond donors (Lipinski definition) is 0. The molecule has 2 fully saturated rings. The molecule has 0 aromatic rings. The quantitative estimate of drug-likeness (QED) is 0.604. The SMILES string of the molecule is CC(=O)N1CCC(N2CCN(C)CC2)C1. The zero-order chi connectivity index (χ0) is 10.8. The summed E-state index contributed by atoms with van der Waals surface area (Å²) in [6, 6.07) is 0.614. The standard InChI is InChI=1S/C11H21N3O/c1-10(15)14-4-3-11(9-14)13-7-5-12(2)6-8-13/h11H,3-9H2,1-2H3. The fourth-order valence-corrected chi connectivity index (χ4v) is 2.51. The number of piperazine rings is 1. The van der Waals surface area contributed by atoms with Crippen LogP contribution in [0.4, 0.5) is 0 Å². The van der Waals surface area contributed by atoms with Gasteiger partial charge < -0.3 is 9.80 Å². The van der Waals surface area contributed by atoms with E-state index in [4.69, 9.17) is 0 Å². The third-order valence-corrected chi connectivity index (χ3v) is 3.66. The van der Waals surface area contributed by atoms with Gasteiger partial charge >= 0.3 is 0 Å². The van der Waals surface area contributed by atoms with E-state index >= 15 is 0 Å². The minimum Gasteiger partial charge on any atom is -0.341 e. The molecule has 0 saturated carbocycles. The van der Waals surface area contributed by atoms with Gasteiger partial charge in [0.2, 0.25) is 5.91 Å². The fraction of sp³-hybridized carbons (Fsp3) is 0.909. The van der Waals surface area contributed by atoms with E-state index in [1.54, 1.807) is 6.92 Å². The second-order valence-electron chi connectivity index (χ2n) is 4.75. The Morgan fingerprint density at radius 1 is 1.13 bits per heavy atom. The van der Waals surface area contributed by atoms with Gasteiger partial charge in [-0.05, 0) is 13.5 Å². The number of carbonyl (C=O) groups excluding carboxylic acids is 1. The van der Waals surface area contributed by atoms with Gasteiger partial charge in [-0.3, -0.25) is 9.69 Å². The van der Waals surface area contributed by atoms with E-state index < -0.39 is 0 Å². The first-order chi connectivity index (χ1) is 7.16. The van der Waals surface area contributed by atoms with Crippen molar-refractivity contribution in [1.82, 2.24) is 14.7 Å². The average molecular weight is 211 g/mol. The monoisotopic (exact) mass is 211 g/mol. The lowest BCUT2D eigenvalue weighted by Gasteiger charge is -2.36. The van der Waals surface area contributed by atoms with E-state index in [2.05, 4.69) is 16.8 Å². The van der Waals surface area contributed by atoms with Gasteiger partial charge in [0.25, 0.3) is 0 Å². The Hall–Kier alpha value is -0.610. The molecular weight excluding hydrogens is 190 g/mol. The second kappa shape index (κ2) is 4.49. The Labute approximate surface area is 91.8 Å². The van der Waals surface area contributed by atoms with Crippen LogP contribution in [-0.2, 0) is 4.79 Å². The summed E-state index contributed by atoms with van der Waals surface area (Å²) < 4.78 is 0. The summed E-state index contributed by atoms with van der Waals surface area (Å²) in [4.78, 5) is 18.1. The Morgan fingerprint density at radius 2 is 1.80 bits per heavy atom. The van der Waals surface area contributed by atoms with Crippen LogP contribution in [0.5, 0.6) is 0 Å². The Bertz CT molecular complexity index is 236. The first-order valence-corrected chi connectivity index (χ1v) is 5.85. The van der Waals surface area contributed by atoms with Gasteiger partial charge in [-0.25, -0.2) is 0 Å². The molecule has 86 valence electrons. The lowest BCUT2D eigenvalue weighted by Crippen LogP contribution is -2.49.